The Morgan fingerprint density at radius 1 is 1.08 bits per heavy atom. The van der Waals surface area contributed by atoms with Gasteiger partial charge in [-0.1, -0.05) is 24.6 Å². The Hall–Kier alpha value is -3.97. The Labute approximate surface area is 221 Å². The van der Waals surface area contributed by atoms with E-state index in [2.05, 4.69) is 30.2 Å². The topological polar surface area (TPSA) is 146 Å². The summed E-state index contributed by atoms with van der Waals surface area (Å²) >= 11 is 0. The van der Waals surface area contributed by atoms with E-state index >= 15 is 0 Å². The highest BCUT2D eigenvalue weighted by atomic mass is 32.2. The number of piperidine rings is 1. The van der Waals surface area contributed by atoms with Crippen molar-refractivity contribution in [3.63, 3.8) is 0 Å². The second-order valence-corrected chi connectivity index (χ2v) is 10.2. The van der Waals surface area contributed by atoms with Gasteiger partial charge in [-0.05, 0) is 50.2 Å². The number of nitrogens with one attached hydrogen (secondary N) is 3. The van der Waals surface area contributed by atoms with Crippen molar-refractivity contribution in [2.75, 3.05) is 47.9 Å². The fraction of sp³-hybridized carbons (Fsp3) is 0.320. The number of rotatable bonds is 10. The summed E-state index contributed by atoms with van der Waals surface area (Å²) in [5.41, 5.74) is 1.32. The van der Waals surface area contributed by atoms with Gasteiger partial charge in [0.1, 0.15) is 12.4 Å². The number of para-hydroxylation sites is 2. The van der Waals surface area contributed by atoms with Crippen LogP contribution in [0.2, 0.25) is 0 Å². The molecule has 2 aromatic carbocycles. The normalized spacial score (nSPS) is 13.5. The summed E-state index contributed by atoms with van der Waals surface area (Å²) in [7, 11) is -3.51. The summed E-state index contributed by atoms with van der Waals surface area (Å²) in [6.45, 7) is 3.49. The zero-order valence-electron chi connectivity index (χ0n) is 20.9. The molecule has 0 radical (unpaired) electrons. The summed E-state index contributed by atoms with van der Waals surface area (Å²) in [6.07, 6.45) is 5.88. The van der Waals surface area contributed by atoms with Gasteiger partial charge in [-0.3, -0.25) is 14.4 Å². The Morgan fingerprint density at radius 2 is 1.79 bits per heavy atom. The molecule has 0 spiro atoms. The summed E-state index contributed by atoms with van der Waals surface area (Å²) < 4.78 is 46.0. The monoisotopic (exact) mass is 546 g/mol. The molecule has 1 saturated heterocycles. The first-order chi connectivity index (χ1) is 18.3. The minimum Gasteiger partial charge on any atom is -0.492 e. The van der Waals surface area contributed by atoms with Crippen LogP contribution in [0.25, 0.3) is 0 Å². The Kier molecular flexibility index (Phi) is 10.6. The van der Waals surface area contributed by atoms with Gasteiger partial charge in [-0.2, -0.15) is 4.98 Å². The van der Waals surface area contributed by atoms with Gasteiger partial charge < -0.3 is 20.5 Å². The molecule has 0 bridgehead atoms. The number of carboxylic acid groups (broad SMARTS) is 1. The highest BCUT2D eigenvalue weighted by Gasteiger charge is 2.13. The lowest BCUT2D eigenvalue weighted by Crippen LogP contribution is -2.33. The molecule has 0 unspecified atom stereocenters. The number of hydrogen-bond donors (Lipinski definition) is 4. The molecule has 1 aromatic heterocycles. The number of carbonyl (C=O) groups is 1. The zero-order chi connectivity index (χ0) is 27.4. The van der Waals surface area contributed by atoms with Crippen molar-refractivity contribution in [3.05, 3.63) is 60.5 Å². The molecule has 11 nitrogen and oxygen atoms in total. The highest BCUT2D eigenvalue weighted by Crippen LogP contribution is 2.27. The first-order valence-electron chi connectivity index (χ1n) is 11.9. The lowest BCUT2D eigenvalue weighted by molar-refractivity contribution is -0.122. The maximum atomic E-state index is 14.4. The van der Waals surface area contributed by atoms with Crippen molar-refractivity contribution in [1.29, 1.82) is 0 Å². The van der Waals surface area contributed by atoms with Crippen LogP contribution in [0.4, 0.5) is 33.2 Å². The fourth-order valence-electron chi connectivity index (χ4n) is 3.79. The van der Waals surface area contributed by atoms with E-state index < -0.39 is 15.8 Å². The van der Waals surface area contributed by atoms with Crippen LogP contribution < -0.4 is 20.1 Å². The van der Waals surface area contributed by atoms with E-state index in [1.54, 1.807) is 24.3 Å². The van der Waals surface area contributed by atoms with E-state index in [0.29, 0.717) is 23.7 Å². The maximum Gasteiger partial charge on any atom is 0.290 e. The van der Waals surface area contributed by atoms with Gasteiger partial charge >= 0.3 is 0 Å². The van der Waals surface area contributed by atoms with Crippen LogP contribution in [0.3, 0.4) is 0 Å². The summed E-state index contributed by atoms with van der Waals surface area (Å²) in [5.74, 6) is 0.111. The average molecular weight is 547 g/mol. The van der Waals surface area contributed by atoms with Crippen molar-refractivity contribution < 1.29 is 27.4 Å². The van der Waals surface area contributed by atoms with Crippen molar-refractivity contribution in [2.45, 2.75) is 19.3 Å². The van der Waals surface area contributed by atoms with Crippen LogP contribution in [-0.2, 0) is 14.8 Å². The number of halogens is 1. The van der Waals surface area contributed by atoms with Crippen molar-refractivity contribution >= 4 is 45.3 Å². The molecule has 4 rings (SSSR count). The second-order valence-electron chi connectivity index (χ2n) is 8.44. The Morgan fingerprint density at radius 3 is 2.50 bits per heavy atom. The van der Waals surface area contributed by atoms with Crippen LogP contribution >= 0.6 is 0 Å². The molecule has 3 aromatic rings. The number of aromatic nitrogens is 2. The molecule has 0 saturated carbocycles. The van der Waals surface area contributed by atoms with E-state index in [4.69, 9.17) is 14.6 Å². The minimum absolute atomic E-state index is 0.0980. The predicted octanol–water partition coefficient (Wildman–Crippen LogP) is 4.04. The molecule has 4 N–H and O–H groups in total. The first kappa shape index (κ1) is 28.6. The van der Waals surface area contributed by atoms with Crippen molar-refractivity contribution in [2.24, 2.45) is 0 Å². The zero-order valence-corrected chi connectivity index (χ0v) is 21.7. The number of benzene rings is 2. The molecular formula is C25H31FN6O5S. The number of nitrogens with zero attached hydrogens (tertiary/aromatic N) is 3. The van der Waals surface area contributed by atoms with Crippen LogP contribution in [0.1, 0.15) is 19.3 Å². The van der Waals surface area contributed by atoms with Gasteiger partial charge in [0, 0.05) is 18.3 Å². The number of sulfonamides is 1. The van der Waals surface area contributed by atoms with Crippen LogP contribution in [0.5, 0.6) is 5.75 Å². The Bertz CT molecular complexity index is 1300. The van der Waals surface area contributed by atoms with E-state index in [1.165, 1.54) is 19.3 Å². The largest absolute Gasteiger partial charge is 0.492 e. The summed E-state index contributed by atoms with van der Waals surface area (Å²) in [6, 6.07) is 14.0. The molecular weight excluding hydrogens is 515 g/mol. The lowest BCUT2D eigenvalue weighted by Gasteiger charge is -2.26. The van der Waals surface area contributed by atoms with E-state index in [9.17, 15) is 12.8 Å². The molecule has 204 valence electrons. The third kappa shape index (κ3) is 9.48. The predicted molar refractivity (Wildman–Crippen MR) is 144 cm³/mol. The van der Waals surface area contributed by atoms with Gasteiger partial charge in [0.25, 0.3) is 6.47 Å². The van der Waals surface area contributed by atoms with Crippen LogP contribution in [0, 0.1) is 5.82 Å². The number of likely N-dealkylation sites (tertiary alicyclic amines) is 1. The number of anilines is 5. The highest BCUT2D eigenvalue weighted by molar-refractivity contribution is 7.92. The molecule has 2 heterocycles. The van der Waals surface area contributed by atoms with Gasteiger partial charge in [-0.25, -0.2) is 17.8 Å². The summed E-state index contributed by atoms with van der Waals surface area (Å²) in [4.78, 5) is 19.0. The SMILES string of the molecule is CS(=O)(=O)Nc1ccccc1Nc1nc(Nc2cccc(OCCN3CCCCC3)c2)ncc1F.O=CO. The van der Waals surface area contributed by atoms with E-state index in [0.717, 1.165) is 32.1 Å². The van der Waals surface area contributed by atoms with Gasteiger partial charge in [0.05, 0.1) is 23.8 Å². The maximum absolute atomic E-state index is 14.4. The molecule has 0 aliphatic carbocycles. The molecule has 38 heavy (non-hydrogen) atoms. The number of ether oxygens (including phenoxy) is 1. The standard InChI is InChI=1S/C24H29FN6O3S.CH2O2/c1-35(32,33)30-22-11-4-3-10-21(22)28-23-20(25)17-26-24(29-23)27-18-8-7-9-19(16-18)34-15-14-31-12-5-2-6-13-31;2-1-3/h3-4,7-11,16-17,30H,2,5-6,12-15H2,1H3,(H2,26,27,28,29);1H,(H,2,3). The quantitative estimate of drug-likeness (QED) is 0.275. The fourth-order valence-corrected chi connectivity index (χ4v) is 4.37. The third-order valence-electron chi connectivity index (χ3n) is 5.43. The van der Waals surface area contributed by atoms with Gasteiger partial charge in [0.15, 0.2) is 11.6 Å². The number of hydrogen-bond acceptors (Lipinski definition) is 9. The average Bonchev–Trinajstić information content (AvgIpc) is 2.88. The van der Waals surface area contributed by atoms with Gasteiger partial charge in [0.2, 0.25) is 16.0 Å². The van der Waals surface area contributed by atoms with Crippen LogP contribution in [0.15, 0.2) is 54.7 Å². The van der Waals surface area contributed by atoms with E-state index in [1.807, 2.05) is 24.3 Å². The smallest absolute Gasteiger partial charge is 0.290 e. The molecule has 0 atom stereocenters. The molecule has 1 fully saturated rings. The first-order valence-corrected chi connectivity index (χ1v) is 13.8. The van der Waals surface area contributed by atoms with Gasteiger partial charge in [-0.15, -0.1) is 0 Å². The Balaban J connectivity index is 0.00000127. The van der Waals surface area contributed by atoms with Crippen molar-refractivity contribution in [3.8, 4) is 5.75 Å². The summed E-state index contributed by atoms with van der Waals surface area (Å²) in [5, 5.41) is 12.8. The second kappa shape index (κ2) is 14.1. The van der Waals surface area contributed by atoms with Crippen molar-refractivity contribution in [1.82, 2.24) is 14.9 Å². The third-order valence-corrected chi connectivity index (χ3v) is 6.03. The molecule has 13 heteroatoms. The molecule has 1 aliphatic heterocycles. The molecule has 0 amide bonds. The minimum atomic E-state index is -3.51. The van der Waals surface area contributed by atoms with E-state index in [-0.39, 0.29) is 23.9 Å². The van der Waals surface area contributed by atoms with Crippen LogP contribution in [-0.4, -0.2) is 67.4 Å². The lowest BCUT2D eigenvalue weighted by atomic mass is 10.1. The molecule has 1 aliphatic rings.